The lowest BCUT2D eigenvalue weighted by Crippen LogP contribution is -2.59. The molecular weight excluding hydrogens is 268 g/mol. The van der Waals surface area contributed by atoms with Crippen molar-refractivity contribution in [2.24, 2.45) is 0 Å². The highest BCUT2D eigenvalue weighted by atomic mass is 16.7. The van der Waals surface area contributed by atoms with Crippen molar-refractivity contribution < 1.29 is 34.7 Å². The van der Waals surface area contributed by atoms with Gasteiger partial charge < -0.3 is 29.9 Å². The summed E-state index contributed by atoms with van der Waals surface area (Å²) in [7, 11) is 0. The Morgan fingerprint density at radius 2 is 1.70 bits per heavy atom. The Morgan fingerprint density at radius 1 is 1.05 bits per heavy atom. The zero-order valence-electron chi connectivity index (χ0n) is 10.5. The van der Waals surface area contributed by atoms with Crippen LogP contribution in [0.15, 0.2) is 30.3 Å². The fourth-order valence-electron chi connectivity index (χ4n) is 1.87. The molecule has 110 valence electrons. The molecule has 0 unspecified atom stereocenters. The van der Waals surface area contributed by atoms with E-state index in [9.17, 15) is 25.2 Å². The monoisotopic (exact) mass is 284 g/mol. The highest BCUT2D eigenvalue weighted by molar-refractivity contribution is 5.75. The molecule has 7 nitrogen and oxygen atoms in total. The normalized spacial score (nSPS) is 33.7. The van der Waals surface area contributed by atoms with E-state index in [-0.39, 0.29) is 6.61 Å². The lowest BCUT2D eigenvalue weighted by atomic mass is 9.99. The van der Waals surface area contributed by atoms with Gasteiger partial charge in [-0.1, -0.05) is 30.3 Å². The van der Waals surface area contributed by atoms with E-state index in [0.29, 0.717) is 0 Å². The third kappa shape index (κ3) is 3.14. The van der Waals surface area contributed by atoms with Crippen LogP contribution in [0.25, 0.3) is 0 Å². The predicted octanol–water partition coefficient (Wildman–Crippen LogP) is -1.47. The summed E-state index contributed by atoms with van der Waals surface area (Å²) < 4.78 is 9.69. The molecule has 1 aromatic rings. The molecule has 1 aromatic carbocycles. The summed E-state index contributed by atoms with van der Waals surface area (Å²) >= 11 is 0. The van der Waals surface area contributed by atoms with Crippen LogP contribution in [0.5, 0.6) is 0 Å². The molecule has 1 saturated heterocycles. The second-order valence-electron chi connectivity index (χ2n) is 4.51. The molecule has 0 aromatic heterocycles. The quantitative estimate of drug-likeness (QED) is 0.501. The maximum Gasteiger partial charge on any atom is 0.338 e. The Balaban J connectivity index is 1.95. The van der Waals surface area contributed by atoms with Gasteiger partial charge in [-0.25, -0.2) is 4.79 Å². The summed E-state index contributed by atoms with van der Waals surface area (Å²) in [5, 5.41) is 37.7. The molecule has 1 aliphatic heterocycles. The second kappa shape index (κ2) is 6.29. The van der Waals surface area contributed by atoms with Gasteiger partial charge in [0.1, 0.15) is 24.9 Å². The van der Waals surface area contributed by atoms with Gasteiger partial charge in [0, 0.05) is 0 Å². The Kier molecular flexibility index (Phi) is 4.69. The zero-order valence-corrected chi connectivity index (χ0v) is 10.5. The van der Waals surface area contributed by atoms with Crippen LogP contribution in [0.2, 0.25) is 0 Å². The van der Waals surface area contributed by atoms with E-state index in [1.807, 2.05) is 6.07 Å². The van der Waals surface area contributed by atoms with Crippen molar-refractivity contribution in [2.75, 3.05) is 0 Å². The topological polar surface area (TPSA) is 116 Å². The molecule has 0 amide bonds. The largest absolute Gasteiger partial charge is 0.459 e. The van der Waals surface area contributed by atoms with Crippen LogP contribution >= 0.6 is 0 Å². The van der Waals surface area contributed by atoms with E-state index in [0.717, 1.165) is 5.56 Å². The van der Waals surface area contributed by atoms with E-state index in [1.54, 1.807) is 24.3 Å². The van der Waals surface area contributed by atoms with Crippen LogP contribution in [0.4, 0.5) is 0 Å². The second-order valence-corrected chi connectivity index (χ2v) is 4.51. The van der Waals surface area contributed by atoms with Gasteiger partial charge in [-0.3, -0.25) is 0 Å². The van der Waals surface area contributed by atoms with E-state index >= 15 is 0 Å². The molecular formula is C13H16O7. The molecule has 0 aliphatic carbocycles. The number of rotatable bonds is 3. The Labute approximate surface area is 115 Å². The van der Waals surface area contributed by atoms with Gasteiger partial charge in [-0.15, -0.1) is 0 Å². The maximum atomic E-state index is 11.8. The van der Waals surface area contributed by atoms with Crippen molar-refractivity contribution in [3.05, 3.63) is 35.9 Å². The van der Waals surface area contributed by atoms with Crippen LogP contribution in [-0.4, -0.2) is 57.1 Å². The predicted molar refractivity (Wildman–Crippen MR) is 65.1 cm³/mol. The summed E-state index contributed by atoms with van der Waals surface area (Å²) in [5.41, 5.74) is 0.743. The molecule has 4 N–H and O–H groups in total. The summed E-state index contributed by atoms with van der Waals surface area (Å²) in [6.07, 6.45) is -8.34. The molecule has 20 heavy (non-hydrogen) atoms. The standard InChI is InChI=1S/C13H16O7/c14-8-9(15)11(20-12(17)10(8)16)13(18)19-6-7-4-2-1-3-5-7/h1-5,8-12,14-17H,6H2/t8-,9-,10+,11-,12-/m1/s1. The fraction of sp³-hybridized carbons (Fsp3) is 0.462. The highest BCUT2D eigenvalue weighted by Crippen LogP contribution is 2.21. The Bertz CT molecular complexity index is 449. The minimum absolute atomic E-state index is 0.0268. The van der Waals surface area contributed by atoms with Crippen LogP contribution in [0.3, 0.4) is 0 Å². The first kappa shape index (κ1) is 14.9. The van der Waals surface area contributed by atoms with E-state index in [1.165, 1.54) is 0 Å². The summed E-state index contributed by atoms with van der Waals surface area (Å²) in [6.45, 7) is -0.0268. The maximum absolute atomic E-state index is 11.8. The van der Waals surface area contributed by atoms with Gasteiger partial charge in [0.25, 0.3) is 0 Å². The number of aliphatic hydroxyl groups is 4. The average molecular weight is 284 g/mol. The Morgan fingerprint density at radius 3 is 2.35 bits per heavy atom. The molecule has 0 bridgehead atoms. The van der Waals surface area contributed by atoms with Crippen LogP contribution < -0.4 is 0 Å². The molecule has 0 spiro atoms. The highest BCUT2D eigenvalue weighted by Gasteiger charge is 2.46. The minimum atomic E-state index is -1.76. The molecule has 1 heterocycles. The summed E-state index contributed by atoms with van der Waals surface area (Å²) in [6, 6.07) is 8.86. The van der Waals surface area contributed by atoms with E-state index in [2.05, 4.69) is 0 Å². The van der Waals surface area contributed by atoms with Crippen LogP contribution in [0, 0.1) is 0 Å². The lowest BCUT2D eigenvalue weighted by Gasteiger charge is -2.36. The van der Waals surface area contributed by atoms with E-state index < -0.39 is 36.7 Å². The number of ether oxygens (including phenoxy) is 2. The summed E-state index contributed by atoms with van der Waals surface area (Å²) in [5.74, 6) is -0.925. The number of benzene rings is 1. The van der Waals surface area contributed by atoms with Crippen LogP contribution in [0.1, 0.15) is 5.56 Å². The molecule has 7 heteroatoms. The van der Waals surface area contributed by atoms with Gasteiger partial charge in [0.2, 0.25) is 0 Å². The van der Waals surface area contributed by atoms with Gasteiger partial charge in [-0.05, 0) is 5.56 Å². The van der Waals surface area contributed by atoms with Gasteiger partial charge in [0.05, 0.1) is 0 Å². The SMILES string of the molecule is O=C(OCc1ccccc1)[C@@H]1O[C@@H](O)[C@@H](O)[C@H](O)[C@H]1O. The summed E-state index contributed by atoms with van der Waals surface area (Å²) in [4.78, 5) is 11.8. The van der Waals surface area contributed by atoms with Crippen molar-refractivity contribution in [1.82, 2.24) is 0 Å². The van der Waals surface area contributed by atoms with Crippen molar-refractivity contribution in [1.29, 1.82) is 0 Å². The average Bonchev–Trinajstić information content (AvgIpc) is 2.47. The lowest BCUT2D eigenvalue weighted by molar-refractivity contribution is -0.281. The molecule has 1 aliphatic rings. The van der Waals surface area contributed by atoms with Crippen molar-refractivity contribution in [3.8, 4) is 0 Å². The van der Waals surface area contributed by atoms with Crippen molar-refractivity contribution in [2.45, 2.75) is 37.3 Å². The van der Waals surface area contributed by atoms with Crippen molar-refractivity contribution in [3.63, 3.8) is 0 Å². The number of esters is 1. The number of hydrogen-bond donors (Lipinski definition) is 4. The molecule has 0 radical (unpaired) electrons. The zero-order chi connectivity index (χ0) is 14.7. The van der Waals surface area contributed by atoms with Gasteiger partial charge >= 0.3 is 5.97 Å². The molecule has 5 atom stereocenters. The first-order chi connectivity index (χ1) is 9.50. The number of hydrogen-bond acceptors (Lipinski definition) is 7. The number of carbonyl (C=O) groups is 1. The van der Waals surface area contributed by atoms with Gasteiger partial charge in [0.15, 0.2) is 12.4 Å². The minimum Gasteiger partial charge on any atom is -0.459 e. The first-order valence-corrected chi connectivity index (χ1v) is 6.09. The van der Waals surface area contributed by atoms with Crippen molar-refractivity contribution >= 4 is 5.97 Å². The van der Waals surface area contributed by atoms with E-state index in [4.69, 9.17) is 9.47 Å². The third-order valence-electron chi connectivity index (χ3n) is 3.04. The molecule has 2 rings (SSSR count). The van der Waals surface area contributed by atoms with Gasteiger partial charge in [-0.2, -0.15) is 0 Å². The third-order valence-corrected chi connectivity index (χ3v) is 3.04. The Hall–Kier alpha value is -1.51. The number of aliphatic hydroxyl groups excluding tert-OH is 4. The van der Waals surface area contributed by atoms with Crippen LogP contribution in [-0.2, 0) is 20.9 Å². The smallest absolute Gasteiger partial charge is 0.338 e. The molecule has 1 fully saturated rings. The number of carbonyl (C=O) groups excluding carboxylic acids is 1. The first-order valence-electron chi connectivity index (χ1n) is 6.09. The fourth-order valence-corrected chi connectivity index (χ4v) is 1.87. The molecule has 0 saturated carbocycles.